The quantitative estimate of drug-likeness (QED) is 0.554. The number of rotatable bonds is 4. The standard InChI is InChI=1S/C10H20O3/c1-5-8(7-11)6-9(12)13-10(2,3)4/h8,11H,5-7H2,1-4H3/t8-/m0/s1/i1+1D2,5+1D,6+1,7D2,8+1D,9+1/t5-,8+/m1. The van der Waals surface area contributed by atoms with E-state index >= 15 is 0 Å². The molecule has 0 fully saturated rings. The maximum absolute atomic E-state index is 11.6. The van der Waals surface area contributed by atoms with Gasteiger partial charge in [-0.05, 0) is 26.7 Å². The van der Waals surface area contributed by atoms with E-state index in [1.165, 1.54) is 0 Å². The van der Waals surface area contributed by atoms with Crippen LogP contribution < -0.4 is 0 Å². The molecule has 0 aliphatic heterocycles. The third-order valence-corrected chi connectivity index (χ3v) is 1.10. The van der Waals surface area contributed by atoms with Crippen molar-refractivity contribution in [1.29, 1.82) is 0 Å². The smallest absolute Gasteiger partial charge is 0.306 e. The molecule has 0 aliphatic rings. The second-order valence-corrected chi connectivity index (χ2v) is 3.57. The van der Waals surface area contributed by atoms with Crippen molar-refractivity contribution in [3.63, 3.8) is 0 Å². The Labute approximate surface area is 88.5 Å². The highest BCUT2D eigenvalue weighted by Gasteiger charge is 2.18. The van der Waals surface area contributed by atoms with Gasteiger partial charge in [0.05, 0.1) is 9.16 Å². The molecule has 3 heteroatoms. The average molecular weight is 199 g/mol. The third kappa shape index (κ3) is 6.58. The van der Waals surface area contributed by atoms with E-state index < -0.39 is 43.7 Å². The average Bonchev–Trinajstić information content (AvgIpc) is 2.10. The number of hydrogen-bond acceptors (Lipinski definition) is 3. The van der Waals surface area contributed by atoms with Crippen LogP contribution in [0.5, 0.6) is 0 Å². The molecule has 2 atom stereocenters. The molecule has 0 saturated carbocycles. The Kier molecular flexibility index (Phi) is 2.15. The minimum atomic E-state index is -3.20. The van der Waals surface area contributed by atoms with Crippen LogP contribution in [0.15, 0.2) is 0 Å². The second kappa shape index (κ2) is 5.22. The lowest BCUT2D eigenvalue weighted by Gasteiger charge is -2.21. The first-order valence-electron chi connectivity index (χ1n) is 7.15. The molecule has 78 valence electrons. The Morgan fingerprint density at radius 2 is 2.38 bits per heavy atom. The van der Waals surface area contributed by atoms with Crippen molar-refractivity contribution in [2.45, 2.75) is 46.1 Å². The minimum Gasteiger partial charge on any atom is -0.460 e. The Morgan fingerprint density at radius 1 is 1.77 bits per heavy atom. The molecule has 0 aliphatic carbocycles. The Bertz CT molecular complexity index is 322. The monoisotopic (exact) mass is 199 g/mol. The van der Waals surface area contributed by atoms with Gasteiger partial charge in [-0.25, -0.2) is 0 Å². The van der Waals surface area contributed by atoms with Crippen LogP contribution in [0.3, 0.4) is 0 Å². The van der Waals surface area contributed by atoms with Gasteiger partial charge in [-0.15, -0.1) is 0 Å². The van der Waals surface area contributed by atoms with Gasteiger partial charge in [-0.3, -0.25) is 4.79 Å². The van der Waals surface area contributed by atoms with Gasteiger partial charge < -0.3 is 9.84 Å². The summed E-state index contributed by atoms with van der Waals surface area (Å²) in [6.45, 7) is -0.321. The molecule has 0 heterocycles. The molecule has 0 aromatic heterocycles. The minimum absolute atomic E-state index is 0.848. The van der Waals surface area contributed by atoms with Crippen LogP contribution in [-0.2, 0) is 9.53 Å². The fourth-order valence-electron chi connectivity index (χ4n) is 0.669. The summed E-state index contributed by atoms with van der Waals surface area (Å²) in [5, 5.41) is 9.35. The summed E-state index contributed by atoms with van der Waals surface area (Å²) in [7, 11) is 0. The first-order chi connectivity index (χ1) is 8.21. The molecular weight excluding hydrogens is 173 g/mol. The summed E-state index contributed by atoms with van der Waals surface area (Å²) in [5.74, 6) is -3.60. The molecule has 1 N–H and O–H groups in total. The van der Waals surface area contributed by atoms with E-state index in [2.05, 4.69) is 0 Å². The summed E-state index contributed by atoms with van der Waals surface area (Å²) < 4.78 is 48.7. The van der Waals surface area contributed by atoms with Crippen molar-refractivity contribution in [3.05, 3.63) is 0 Å². The molecule has 13 heavy (non-hydrogen) atoms. The van der Waals surface area contributed by atoms with Crippen molar-refractivity contribution >= 4 is 5.97 Å². The van der Waals surface area contributed by atoms with Gasteiger partial charge in [-0.1, -0.05) is 13.3 Å². The maximum Gasteiger partial charge on any atom is 0.306 e. The highest BCUT2D eigenvalue weighted by Crippen LogP contribution is 2.13. The molecule has 3 nitrogen and oxygen atoms in total. The van der Waals surface area contributed by atoms with Crippen molar-refractivity contribution in [2.75, 3.05) is 6.56 Å². The zero-order valence-corrected chi connectivity index (χ0v) is 8.13. The lowest BCUT2D eigenvalue weighted by molar-refractivity contribution is -0.156. The van der Waals surface area contributed by atoms with Crippen LogP contribution in [0.25, 0.3) is 0 Å². The van der Waals surface area contributed by atoms with Gasteiger partial charge in [0.15, 0.2) is 0 Å². The molecule has 0 spiro atoms. The van der Waals surface area contributed by atoms with Crippen LogP contribution in [-0.4, -0.2) is 23.2 Å². The third-order valence-electron chi connectivity index (χ3n) is 1.10. The van der Waals surface area contributed by atoms with E-state index in [9.17, 15) is 9.90 Å². The fourth-order valence-corrected chi connectivity index (χ4v) is 0.669. The lowest BCUT2D eigenvalue weighted by atomic mass is 10.2. The summed E-state index contributed by atoms with van der Waals surface area (Å²) in [6, 6.07) is 0. The first kappa shape index (κ1) is 5.35. The van der Waals surface area contributed by atoms with Gasteiger partial charge in [-0.2, -0.15) is 0 Å². The van der Waals surface area contributed by atoms with Crippen molar-refractivity contribution in [2.24, 2.45) is 5.89 Å². The Hall–Kier alpha value is -0.570. The van der Waals surface area contributed by atoms with Crippen LogP contribution in [0.2, 0.25) is 0 Å². The number of carbonyl (C=O) groups excluding carboxylic acids is 1. The van der Waals surface area contributed by atoms with Crippen molar-refractivity contribution in [1.82, 2.24) is 0 Å². The molecule has 0 radical (unpaired) electrons. The Morgan fingerprint density at radius 3 is 2.77 bits per heavy atom. The second-order valence-electron chi connectivity index (χ2n) is 3.57. The number of ether oxygens (including phenoxy) is 1. The fraction of sp³-hybridized carbons (Fsp3) is 0.900. The SMILES string of the molecule is [2H][13CH]([2H])[13C@@H]([2H])[13C@@]([2H])([13CH2][13C](=O)OC(C)(C)C)C([2H])([2H])O. The number of esters is 1. The predicted molar refractivity (Wildman–Crippen MR) is 51.3 cm³/mol. The maximum atomic E-state index is 11.6. The van der Waals surface area contributed by atoms with Gasteiger partial charge in [0.1, 0.15) is 5.60 Å². The molecule has 0 amide bonds. The molecule has 0 saturated heterocycles. The normalized spacial score (nSPS) is 26.8. The van der Waals surface area contributed by atoms with E-state index in [0.29, 0.717) is 0 Å². The summed E-state index contributed by atoms with van der Waals surface area (Å²) in [6.07, 6.45) is -2.82. The van der Waals surface area contributed by atoms with Crippen LogP contribution in [0, 0.1) is 5.89 Å². The number of carbonyl (C=O) groups is 1. The van der Waals surface area contributed by atoms with Gasteiger partial charge >= 0.3 is 5.97 Å². The zero-order chi connectivity index (χ0) is 15.6. The summed E-state index contributed by atoms with van der Waals surface area (Å²) in [5.41, 5.74) is -0.848. The summed E-state index contributed by atoms with van der Waals surface area (Å²) in [4.78, 5) is 11.6. The van der Waals surface area contributed by atoms with Crippen LogP contribution >= 0.6 is 0 Å². The molecule has 0 unspecified atom stereocenters. The largest absolute Gasteiger partial charge is 0.460 e. The number of hydrogen-bond donors (Lipinski definition) is 1. The van der Waals surface area contributed by atoms with Crippen molar-refractivity contribution in [3.8, 4) is 0 Å². The van der Waals surface area contributed by atoms with E-state index in [4.69, 9.17) is 13.0 Å². The van der Waals surface area contributed by atoms with Gasteiger partial charge in [0.2, 0.25) is 0 Å². The van der Waals surface area contributed by atoms with Gasteiger partial charge in [0, 0.05) is 12.0 Å². The predicted octanol–water partition coefficient (Wildman–Crippen LogP) is 1.74. The molecule has 0 rings (SSSR count). The van der Waals surface area contributed by atoms with E-state index in [1.54, 1.807) is 20.8 Å². The van der Waals surface area contributed by atoms with E-state index in [-0.39, 0.29) is 0 Å². The Balaban J connectivity index is 5.16. The first-order valence-corrected chi connectivity index (χ1v) is 3.92. The molecule has 0 aromatic rings. The van der Waals surface area contributed by atoms with Crippen molar-refractivity contribution < 1.29 is 22.9 Å². The summed E-state index contributed by atoms with van der Waals surface area (Å²) >= 11 is 0. The molecule has 0 aromatic carbocycles. The van der Waals surface area contributed by atoms with Crippen LogP contribution in [0.4, 0.5) is 0 Å². The number of aliphatic hydroxyl groups is 1. The lowest BCUT2D eigenvalue weighted by Crippen LogP contribution is -2.25. The van der Waals surface area contributed by atoms with E-state index in [1.807, 2.05) is 0 Å². The molecule has 0 bridgehead atoms. The zero-order valence-electron chi connectivity index (χ0n) is 14.1. The topological polar surface area (TPSA) is 46.5 Å². The van der Waals surface area contributed by atoms with Gasteiger partial charge in [0.25, 0.3) is 0 Å². The molecular formula is C10H20O3. The highest BCUT2D eigenvalue weighted by molar-refractivity contribution is 5.70. The highest BCUT2D eigenvalue weighted by atomic mass is 16.6. The van der Waals surface area contributed by atoms with E-state index in [0.717, 1.165) is 0 Å². The van der Waals surface area contributed by atoms with Crippen LogP contribution in [0.1, 0.15) is 48.7 Å².